The fourth-order valence-corrected chi connectivity index (χ4v) is 2.74. The minimum atomic E-state index is -0.463. The van der Waals surface area contributed by atoms with Gasteiger partial charge in [-0.3, -0.25) is 10.1 Å². The number of carbonyl (C=O) groups excluding carboxylic acids is 1. The molecule has 3 heterocycles. The van der Waals surface area contributed by atoms with Crippen molar-refractivity contribution in [2.45, 2.75) is 0 Å². The summed E-state index contributed by atoms with van der Waals surface area (Å²) in [6.07, 6.45) is 3.05. The largest absolute Gasteiger partial charge is 0.459 e. The van der Waals surface area contributed by atoms with Crippen LogP contribution in [0.15, 0.2) is 63.8 Å². The molecule has 134 valence electrons. The number of pyridine rings is 1. The molecule has 1 aromatic carbocycles. The van der Waals surface area contributed by atoms with Crippen molar-refractivity contribution in [1.82, 2.24) is 15.3 Å². The highest BCUT2D eigenvalue weighted by Gasteiger charge is 2.14. The van der Waals surface area contributed by atoms with E-state index in [-0.39, 0.29) is 10.9 Å². The minimum absolute atomic E-state index is 0.0784. The Hall–Kier alpha value is -3.23. The van der Waals surface area contributed by atoms with E-state index in [0.717, 1.165) is 0 Å². The van der Waals surface area contributed by atoms with Crippen LogP contribution in [-0.4, -0.2) is 21.0 Å². The molecule has 0 spiro atoms. The Morgan fingerprint density at radius 1 is 1.19 bits per heavy atom. The van der Waals surface area contributed by atoms with Gasteiger partial charge >= 0.3 is 0 Å². The lowest BCUT2D eigenvalue weighted by atomic mass is 10.2. The lowest BCUT2D eigenvalue weighted by Gasteiger charge is -2.11. The summed E-state index contributed by atoms with van der Waals surface area (Å²) in [7, 11) is 0. The smallest absolute Gasteiger partial charge is 0.293 e. The summed E-state index contributed by atoms with van der Waals surface area (Å²) in [4.78, 5) is 20.5. The summed E-state index contributed by atoms with van der Waals surface area (Å²) >= 11 is 11.4. The molecule has 0 aliphatic rings. The maximum Gasteiger partial charge on any atom is 0.293 e. The number of aromatic nitrogens is 2. The first-order chi connectivity index (χ1) is 13.1. The van der Waals surface area contributed by atoms with Crippen molar-refractivity contribution in [1.29, 1.82) is 0 Å². The van der Waals surface area contributed by atoms with E-state index in [2.05, 4.69) is 20.6 Å². The number of furan rings is 1. The van der Waals surface area contributed by atoms with E-state index in [4.69, 9.17) is 32.7 Å². The highest BCUT2D eigenvalue weighted by Crippen LogP contribution is 2.30. The number of oxazole rings is 1. The second-order valence-electron chi connectivity index (χ2n) is 5.42. The van der Waals surface area contributed by atoms with Crippen LogP contribution in [0.1, 0.15) is 10.6 Å². The molecule has 0 unspecified atom stereocenters. The van der Waals surface area contributed by atoms with Gasteiger partial charge in [0.25, 0.3) is 5.91 Å². The van der Waals surface area contributed by atoms with Gasteiger partial charge in [0.15, 0.2) is 22.1 Å². The van der Waals surface area contributed by atoms with Crippen molar-refractivity contribution in [2.75, 3.05) is 5.32 Å². The number of nitrogens with one attached hydrogen (secondary N) is 2. The van der Waals surface area contributed by atoms with Crippen molar-refractivity contribution in [3.63, 3.8) is 0 Å². The standard InChI is InChI=1S/C18H11ClN4O3S/c19-11-6-5-10(17-22-15-13(26-17)3-1-7-20-15)9-12(11)21-18(27)23-16(24)14-4-2-8-25-14/h1-9H,(H2,21,23,24,27). The fraction of sp³-hybridized carbons (Fsp3) is 0. The first-order valence-corrected chi connectivity index (χ1v) is 8.56. The Kier molecular flexibility index (Phi) is 4.57. The van der Waals surface area contributed by atoms with Crippen LogP contribution in [0.25, 0.3) is 22.7 Å². The monoisotopic (exact) mass is 398 g/mol. The highest BCUT2D eigenvalue weighted by atomic mass is 35.5. The summed E-state index contributed by atoms with van der Waals surface area (Å²) in [6.45, 7) is 0. The van der Waals surface area contributed by atoms with Crippen molar-refractivity contribution in [3.8, 4) is 11.5 Å². The van der Waals surface area contributed by atoms with E-state index < -0.39 is 5.91 Å². The van der Waals surface area contributed by atoms with Crippen LogP contribution in [0.3, 0.4) is 0 Å². The van der Waals surface area contributed by atoms with E-state index in [9.17, 15) is 4.79 Å². The van der Waals surface area contributed by atoms with Crippen molar-refractivity contribution in [3.05, 3.63) is 65.7 Å². The number of hydrogen-bond acceptors (Lipinski definition) is 6. The quantitative estimate of drug-likeness (QED) is 0.498. The Balaban J connectivity index is 1.55. The molecule has 9 heteroatoms. The second kappa shape index (κ2) is 7.18. The van der Waals surface area contributed by atoms with E-state index in [1.165, 1.54) is 12.3 Å². The molecule has 4 rings (SSSR count). The molecule has 27 heavy (non-hydrogen) atoms. The van der Waals surface area contributed by atoms with Gasteiger partial charge in [0, 0.05) is 11.8 Å². The van der Waals surface area contributed by atoms with Gasteiger partial charge in [-0.2, -0.15) is 4.98 Å². The number of nitrogens with zero attached hydrogens (tertiary/aromatic N) is 2. The zero-order valence-corrected chi connectivity index (χ0v) is 15.2. The second-order valence-corrected chi connectivity index (χ2v) is 6.24. The molecule has 0 radical (unpaired) electrons. The Morgan fingerprint density at radius 2 is 2.07 bits per heavy atom. The first kappa shape index (κ1) is 17.2. The van der Waals surface area contributed by atoms with E-state index >= 15 is 0 Å². The van der Waals surface area contributed by atoms with Crippen LogP contribution in [0, 0.1) is 0 Å². The third-order valence-electron chi connectivity index (χ3n) is 3.60. The van der Waals surface area contributed by atoms with Gasteiger partial charge < -0.3 is 14.2 Å². The molecule has 2 N–H and O–H groups in total. The number of benzene rings is 1. The number of thiocarbonyl (C=S) groups is 1. The molecule has 1 amide bonds. The molecular weight excluding hydrogens is 388 g/mol. The van der Waals surface area contributed by atoms with Crippen LogP contribution in [0.5, 0.6) is 0 Å². The van der Waals surface area contributed by atoms with E-state index in [1.54, 1.807) is 42.6 Å². The average Bonchev–Trinajstić information content (AvgIpc) is 3.33. The molecule has 4 aromatic rings. The van der Waals surface area contributed by atoms with Gasteiger partial charge in [-0.15, -0.1) is 0 Å². The zero-order chi connectivity index (χ0) is 18.8. The van der Waals surface area contributed by atoms with Gasteiger partial charge in [-0.05, 0) is 54.7 Å². The number of hydrogen-bond donors (Lipinski definition) is 2. The number of fused-ring (bicyclic) bond motifs is 1. The first-order valence-electron chi connectivity index (χ1n) is 7.77. The van der Waals surface area contributed by atoms with Gasteiger partial charge in [-0.1, -0.05) is 11.6 Å². The third kappa shape index (κ3) is 3.67. The van der Waals surface area contributed by atoms with Crippen LogP contribution in [-0.2, 0) is 0 Å². The van der Waals surface area contributed by atoms with E-state index in [1.807, 2.05) is 0 Å². The number of amides is 1. The molecule has 7 nitrogen and oxygen atoms in total. The number of carbonyl (C=O) groups is 1. The molecular formula is C18H11ClN4O3S. The summed E-state index contributed by atoms with van der Waals surface area (Å²) in [5.74, 6) is 0.0849. The van der Waals surface area contributed by atoms with Crippen molar-refractivity contribution in [2.24, 2.45) is 0 Å². The van der Waals surface area contributed by atoms with Crippen LogP contribution in [0.2, 0.25) is 5.02 Å². The SMILES string of the molecule is O=C(NC(=S)Nc1cc(-c2nc3ncccc3o2)ccc1Cl)c1ccco1. The Morgan fingerprint density at radius 3 is 2.85 bits per heavy atom. The Labute approximate surface area is 163 Å². The Bertz CT molecular complexity index is 1110. The van der Waals surface area contributed by atoms with E-state index in [0.29, 0.717) is 33.4 Å². The number of rotatable bonds is 3. The van der Waals surface area contributed by atoms with Crippen LogP contribution in [0.4, 0.5) is 5.69 Å². The number of anilines is 1. The molecule has 0 saturated carbocycles. The van der Waals surface area contributed by atoms with Crippen LogP contribution < -0.4 is 10.6 Å². The lowest BCUT2D eigenvalue weighted by Crippen LogP contribution is -2.33. The predicted octanol–water partition coefficient (Wildman–Crippen LogP) is 4.26. The molecule has 0 fully saturated rings. The maximum atomic E-state index is 12.0. The average molecular weight is 399 g/mol. The zero-order valence-electron chi connectivity index (χ0n) is 13.6. The van der Waals surface area contributed by atoms with Gasteiger partial charge in [0.1, 0.15) is 0 Å². The highest BCUT2D eigenvalue weighted by molar-refractivity contribution is 7.80. The topological polar surface area (TPSA) is 93.2 Å². The predicted molar refractivity (Wildman–Crippen MR) is 105 cm³/mol. The molecule has 3 aromatic heterocycles. The summed E-state index contributed by atoms with van der Waals surface area (Å²) in [5.41, 5.74) is 2.27. The normalized spacial score (nSPS) is 10.7. The third-order valence-corrected chi connectivity index (χ3v) is 4.13. The summed E-state index contributed by atoms with van der Waals surface area (Å²) < 4.78 is 10.7. The summed E-state index contributed by atoms with van der Waals surface area (Å²) in [6, 6.07) is 11.9. The maximum absolute atomic E-state index is 12.0. The molecule has 0 aliphatic carbocycles. The van der Waals surface area contributed by atoms with Gasteiger partial charge in [0.05, 0.1) is 17.0 Å². The number of halogens is 1. The van der Waals surface area contributed by atoms with Crippen molar-refractivity contribution < 1.29 is 13.6 Å². The molecule has 0 bridgehead atoms. The van der Waals surface area contributed by atoms with Crippen molar-refractivity contribution >= 4 is 51.8 Å². The fourth-order valence-electron chi connectivity index (χ4n) is 2.37. The summed E-state index contributed by atoms with van der Waals surface area (Å²) in [5, 5.41) is 5.90. The molecule has 0 atom stereocenters. The van der Waals surface area contributed by atoms with Gasteiger partial charge in [-0.25, -0.2) is 4.98 Å². The van der Waals surface area contributed by atoms with Gasteiger partial charge in [0.2, 0.25) is 5.89 Å². The minimum Gasteiger partial charge on any atom is -0.459 e. The molecule has 0 saturated heterocycles. The van der Waals surface area contributed by atoms with Crippen LogP contribution >= 0.6 is 23.8 Å². The lowest BCUT2D eigenvalue weighted by molar-refractivity contribution is 0.0950. The molecule has 0 aliphatic heterocycles.